The molecule has 0 spiro atoms. The van der Waals surface area contributed by atoms with Crippen molar-refractivity contribution in [1.29, 1.82) is 0 Å². The highest BCUT2D eigenvalue weighted by molar-refractivity contribution is 6.30. The molecular formula is C15H16ClN5. The molecule has 2 heterocycles. The maximum Gasteiger partial charge on any atom is 0.240 e. The number of pyridine rings is 1. The molecule has 2 aromatic heterocycles. The van der Waals surface area contributed by atoms with Gasteiger partial charge in [0.15, 0.2) is 5.65 Å². The van der Waals surface area contributed by atoms with E-state index in [1.165, 1.54) is 5.56 Å². The van der Waals surface area contributed by atoms with Gasteiger partial charge in [0.25, 0.3) is 0 Å². The fraction of sp³-hybridized carbons (Fsp3) is 0.200. The summed E-state index contributed by atoms with van der Waals surface area (Å²) >= 11 is 5.88. The first kappa shape index (κ1) is 13.7. The Balaban J connectivity index is 1.69. The molecule has 108 valence electrons. The van der Waals surface area contributed by atoms with Gasteiger partial charge in [0.05, 0.1) is 11.9 Å². The zero-order valence-electron chi connectivity index (χ0n) is 11.7. The maximum atomic E-state index is 5.88. The van der Waals surface area contributed by atoms with Crippen LogP contribution in [0.25, 0.3) is 5.65 Å². The Kier molecular flexibility index (Phi) is 3.66. The van der Waals surface area contributed by atoms with Gasteiger partial charge in [-0.1, -0.05) is 23.7 Å². The summed E-state index contributed by atoms with van der Waals surface area (Å²) in [6.45, 7) is 2.87. The number of aromatic nitrogens is 3. The molecule has 3 rings (SSSR count). The van der Waals surface area contributed by atoms with Crippen molar-refractivity contribution in [1.82, 2.24) is 14.6 Å². The summed E-state index contributed by atoms with van der Waals surface area (Å²) < 4.78 is 1.69. The zero-order valence-corrected chi connectivity index (χ0v) is 12.4. The maximum absolute atomic E-state index is 5.88. The van der Waals surface area contributed by atoms with E-state index in [0.717, 1.165) is 34.9 Å². The van der Waals surface area contributed by atoms with Crippen LogP contribution in [0.2, 0.25) is 5.02 Å². The van der Waals surface area contributed by atoms with Gasteiger partial charge >= 0.3 is 0 Å². The minimum atomic E-state index is 0.285. The standard InChI is InChI=1S/C15H16ClN5/c1-10-8-14-19-15(17)20-21(14)9-13(10)18-7-6-11-2-4-12(16)5-3-11/h2-5,8-9,18H,6-7H2,1H3,(H2,17,20). The fourth-order valence-electron chi connectivity index (χ4n) is 2.22. The molecule has 21 heavy (non-hydrogen) atoms. The first-order valence-corrected chi connectivity index (χ1v) is 7.10. The summed E-state index contributed by atoms with van der Waals surface area (Å²) in [6, 6.07) is 9.86. The van der Waals surface area contributed by atoms with Crippen molar-refractivity contribution < 1.29 is 0 Å². The van der Waals surface area contributed by atoms with E-state index in [4.69, 9.17) is 17.3 Å². The minimum Gasteiger partial charge on any atom is -0.383 e. The van der Waals surface area contributed by atoms with Crippen molar-refractivity contribution in [2.45, 2.75) is 13.3 Å². The van der Waals surface area contributed by atoms with Crippen LogP contribution in [0.5, 0.6) is 0 Å². The van der Waals surface area contributed by atoms with Gasteiger partial charge in [0.1, 0.15) is 0 Å². The molecule has 6 heteroatoms. The van der Waals surface area contributed by atoms with Crippen molar-refractivity contribution in [3.05, 3.63) is 52.7 Å². The summed E-state index contributed by atoms with van der Waals surface area (Å²) in [5.41, 5.74) is 9.75. The lowest BCUT2D eigenvalue weighted by Gasteiger charge is -2.09. The number of rotatable bonds is 4. The number of halogens is 1. The third kappa shape index (κ3) is 3.08. The SMILES string of the molecule is Cc1cc2nc(N)nn2cc1NCCc1ccc(Cl)cc1. The highest BCUT2D eigenvalue weighted by atomic mass is 35.5. The second-order valence-electron chi connectivity index (χ2n) is 4.95. The van der Waals surface area contributed by atoms with Crippen LogP contribution in [-0.2, 0) is 6.42 Å². The molecule has 5 nitrogen and oxygen atoms in total. The molecule has 0 radical (unpaired) electrons. The van der Waals surface area contributed by atoms with E-state index < -0.39 is 0 Å². The normalized spacial score (nSPS) is 11.0. The smallest absolute Gasteiger partial charge is 0.240 e. The lowest BCUT2D eigenvalue weighted by atomic mass is 10.1. The van der Waals surface area contributed by atoms with Crippen molar-refractivity contribution in [2.24, 2.45) is 0 Å². The van der Waals surface area contributed by atoms with Crippen LogP contribution in [0.1, 0.15) is 11.1 Å². The number of fused-ring (bicyclic) bond motifs is 1. The van der Waals surface area contributed by atoms with Crippen LogP contribution in [0.4, 0.5) is 11.6 Å². The fourth-order valence-corrected chi connectivity index (χ4v) is 2.35. The summed E-state index contributed by atoms with van der Waals surface area (Å²) in [6.07, 6.45) is 2.84. The molecule has 0 fully saturated rings. The van der Waals surface area contributed by atoms with Gasteiger partial charge in [-0.3, -0.25) is 0 Å². The van der Waals surface area contributed by atoms with E-state index in [-0.39, 0.29) is 5.95 Å². The topological polar surface area (TPSA) is 68.2 Å². The molecule has 0 saturated heterocycles. The Morgan fingerprint density at radius 1 is 1.29 bits per heavy atom. The van der Waals surface area contributed by atoms with Crippen LogP contribution in [0.15, 0.2) is 36.5 Å². The number of hydrogen-bond acceptors (Lipinski definition) is 4. The molecular weight excluding hydrogens is 286 g/mol. The largest absolute Gasteiger partial charge is 0.383 e. The molecule has 0 aliphatic rings. The number of aryl methyl sites for hydroxylation is 1. The first-order valence-electron chi connectivity index (χ1n) is 6.72. The molecule has 3 N–H and O–H groups in total. The molecule has 0 bridgehead atoms. The average Bonchev–Trinajstić information content (AvgIpc) is 2.80. The second kappa shape index (κ2) is 5.61. The Morgan fingerprint density at radius 2 is 2.05 bits per heavy atom. The Labute approximate surface area is 127 Å². The number of hydrogen-bond donors (Lipinski definition) is 2. The Bertz CT molecular complexity index is 764. The third-order valence-electron chi connectivity index (χ3n) is 3.34. The Hall–Kier alpha value is -2.27. The van der Waals surface area contributed by atoms with Crippen LogP contribution < -0.4 is 11.1 Å². The van der Waals surface area contributed by atoms with Crippen LogP contribution in [0.3, 0.4) is 0 Å². The molecule has 0 saturated carbocycles. The lowest BCUT2D eigenvalue weighted by Crippen LogP contribution is -2.07. The van der Waals surface area contributed by atoms with Gasteiger partial charge in [0.2, 0.25) is 5.95 Å². The average molecular weight is 302 g/mol. The van der Waals surface area contributed by atoms with Gasteiger partial charge in [-0.25, -0.2) is 4.52 Å². The molecule has 0 atom stereocenters. The van der Waals surface area contributed by atoms with E-state index in [1.807, 2.05) is 43.5 Å². The second-order valence-corrected chi connectivity index (χ2v) is 5.38. The summed E-state index contributed by atoms with van der Waals surface area (Å²) in [5, 5.41) is 8.30. The molecule has 0 aliphatic heterocycles. The van der Waals surface area contributed by atoms with Gasteiger partial charge < -0.3 is 11.1 Å². The van der Waals surface area contributed by atoms with Crippen molar-refractivity contribution in [3.8, 4) is 0 Å². The quantitative estimate of drug-likeness (QED) is 0.777. The van der Waals surface area contributed by atoms with Crippen LogP contribution in [-0.4, -0.2) is 21.1 Å². The number of benzene rings is 1. The van der Waals surface area contributed by atoms with Crippen molar-refractivity contribution in [2.75, 3.05) is 17.6 Å². The number of nitrogen functional groups attached to an aromatic ring is 1. The van der Waals surface area contributed by atoms with Gasteiger partial charge in [-0.15, -0.1) is 5.10 Å². The number of nitrogens with zero attached hydrogens (tertiary/aromatic N) is 3. The Morgan fingerprint density at radius 3 is 2.81 bits per heavy atom. The molecule has 0 aliphatic carbocycles. The molecule has 1 aromatic carbocycles. The summed E-state index contributed by atoms with van der Waals surface area (Å²) in [4.78, 5) is 4.14. The van der Waals surface area contributed by atoms with Gasteiger partial charge in [0, 0.05) is 11.6 Å². The van der Waals surface area contributed by atoms with E-state index in [2.05, 4.69) is 15.4 Å². The third-order valence-corrected chi connectivity index (χ3v) is 3.59. The molecule has 3 aromatic rings. The molecule has 0 amide bonds. The van der Waals surface area contributed by atoms with Crippen LogP contribution >= 0.6 is 11.6 Å². The molecule has 0 unspecified atom stereocenters. The minimum absolute atomic E-state index is 0.285. The van der Waals surface area contributed by atoms with E-state index in [1.54, 1.807) is 4.52 Å². The monoisotopic (exact) mass is 301 g/mol. The predicted molar refractivity (Wildman–Crippen MR) is 85.8 cm³/mol. The number of nitrogens with two attached hydrogens (primary N) is 1. The summed E-state index contributed by atoms with van der Waals surface area (Å²) in [5.74, 6) is 0.285. The summed E-state index contributed by atoms with van der Waals surface area (Å²) in [7, 11) is 0. The predicted octanol–water partition coefficient (Wildman–Crippen LogP) is 2.93. The van der Waals surface area contributed by atoms with Crippen LogP contribution in [0, 0.1) is 6.92 Å². The highest BCUT2D eigenvalue weighted by Crippen LogP contribution is 2.17. The van der Waals surface area contributed by atoms with Gasteiger partial charge in [-0.05, 0) is 42.7 Å². The van der Waals surface area contributed by atoms with Crippen molar-refractivity contribution >= 4 is 28.9 Å². The first-order chi connectivity index (χ1) is 10.1. The van der Waals surface area contributed by atoms with E-state index in [9.17, 15) is 0 Å². The number of nitrogens with one attached hydrogen (secondary N) is 1. The van der Waals surface area contributed by atoms with Crippen molar-refractivity contribution in [3.63, 3.8) is 0 Å². The lowest BCUT2D eigenvalue weighted by molar-refractivity contribution is 0.952. The van der Waals surface area contributed by atoms with E-state index >= 15 is 0 Å². The number of anilines is 2. The zero-order chi connectivity index (χ0) is 14.8. The van der Waals surface area contributed by atoms with E-state index in [0.29, 0.717) is 0 Å². The van der Waals surface area contributed by atoms with Gasteiger partial charge in [-0.2, -0.15) is 4.98 Å². The highest BCUT2D eigenvalue weighted by Gasteiger charge is 2.05.